The summed E-state index contributed by atoms with van der Waals surface area (Å²) in [4.78, 5) is 0. The highest BCUT2D eigenvalue weighted by molar-refractivity contribution is 6.28. The molecule has 0 fully saturated rings. The van der Waals surface area contributed by atoms with Gasteiger partial charge in [-0.2, -0.15) is 0 Å². The SMILES string of the molecule is c1ccc(-c2c(-c3ccccc3)c(-c3ccc(-c4ccc5c(-c6cccc7ccccc67)c6ccccc6c(-c6cccc7ccccc67)c5c4)cc3)c3ccccc3c2-c2ccc(-c3ccc4c(-c5cccc6ccccc56)c5ccccc5c(-c5cccc6ccccc56)c4c3)cc2)cc1. The largest absolute Gasteiger partial charge is 0.0622 e. The summed E-state index contributed by atoms with van der Waals surface area (Å²) >= 11 is 0. The molecule has 0 aromatic heterocycles. The van der Waals surface area contributed by atoms with Gasteiger partial charge in [-0.05, 0) is 220 Å². The van der Waals surface area contributed by atoms with Crippen LogP contribution in [0.15, 0.2) is 388 Å². The molecule has 0 saturated carbocycles. The molecule has 0 heteroatoms. The fourth-order valence-electron chi connectivity index (χ4n) is 17.1. The van der Waals surface area contributed by atoms with E-state index < -0.39 is 0 Å². The smallest absolute Gasteiger partial charge is 0.00141 e. The van der Waals surface area contributed by atoms with E-state index in [-0.39, 0.29) is 0 Å². The van der Waals surface area contributed by atoms with Gasteiger partial charge in [0.2, 0.25) is 0 Å². The summed E-state index contributed by atoms with van der Waals surface area (Å²) in [5.74, 6) is 0. The third-order valence-electron chi connectivity index (χ3n) is 21.6. The monoisotopic (exact) mass is 1290 g/mol. The van der Waals surface area contributed by atoms with Crippen LogP contribution in [0.1, 0.15) is 0 Å². The third-order valence-corrected chi connectivity index (χ3v) is 21.6. The van der Waals surface area contributed by atoms with Gasteiger partial charge in [-0.25, -0.2) is 0 Å². The lowest BCUT2D eigenvalue weighted by Crippen LogP contribution is -1.97. The average molecular weight is 1290 g/mol. The van der Waals surface area contributed by atoms with Crippen LogP contribution in [0.25, 0.3) is 208 Å². The summed E-state index contributed by atoms with van der Waals surface area (Å²) in [6, 6.07) is 145. The second-order valence-corrected chi connectivity index (χ2v) is 27.2. The number of hydrogen-bond acceptors (Lipinski definition) is 0. The van der Waals surface area contributed by atoms with Crippen molar-refractivity contribution in [1.29, 1.82) is 0 Å². The number of fused-ring (bicyclic) bond motifs is 9. The Kier molecular flexibility index (Phi) is 14.0. The van der Waals surface area contributed by atoms with Gasteiger partial charge in [-0.15, -0.1) is 0 Å². The van der Waals surface area contributed by atoms with Gasteiger partial charge in [0, 0.05) is 0 Å². The van der Waals surface area contributed by atoms with E-state index in [0.29, 0.717) is 0 Å². The number of hydrogen-bond donors (Lipinski definition) is 0. The minimum Gasteiger partial charge on any atom is -0.0622 e. The van der Waals surface area contributed by atoms with E-state index >= 15 is 0 Å². The van der Waals surface area contributed by atoms with Gasteiger partial charge >= 0.3 is 0 Å². The summed E-state index contributed by atoms with van der Waals surface area (Å²) in [6.45, 7) is 0. The van der Waals surface area contributed by atoms with E-state index in [4.69, 9.17) is 0 Å². The Bertz CT molecular complexity index is 6330. The molecule has 0 bridgehead atoms. The molecule has 0 unspecified atom stereocenters. The molecule has 0 heterocycles. The van der Waals surface area contributed by atoms with Crippen LogP contribution in [-0.4, -0.2) is 0 Å². The first kappa shape index (κ1) is 58.9. The molecule has 0 aliphatic rings. The maximum Gasteiger partial charge on any atom is -0.00141 e. The number of rotatable bonds is 10. The third kappa shape index (κ3) is 9.60. The van der Waals surface area contributed by atoms with Gasteiger partial charge in [-0.3, -0.25) is 0 Å². The Hall–Kier alpha value is -13.3. The molecule has 472 valence electrons. The van der Waals surface area contributed by atoms with Gasteiger partial charge in [0.1, 0.15) is 0 Å². The second-order valence-electron chi connectivity index (χ2n) is 27.2. The Morgan fingerprint density at radius 1 is 0.0980 bits per heavy atom. The highest BCUT2D eigenvalue weighted by Gasteiger charge is 2.27. The summed E-state index contributed by atoms with van der Waals surface area (Å²) in [5.41, 5.74) is 24.1. The zero-order valence-corrected chi connectivity index (χ0v) is 56.0. The fraction of sp³-hybridized carbons (Fsp3) is 0. The molecule has 0 amide bonds. The van der Waals surface area contributed by atoms with E-state index in [1.54, 1.807) is 0 Å². The van der Waals surface area contributed by atoms with Crippen molar-refractivity contribution in [1.82, 2.24) is 0 Å². The molecule has 0 aliphatic carbocycles. The normalized spacial score (nSPS) is 11.7. The Balaban J connectivity index is 0.763. The molecular formula is C102H64. The van der Waals surface area contributed by atoms with E-state index in [1.807, 2.05) is 0 Å². The Morgan fingerprint density at radius 3 is 0.608 bits per heavy atom. The first-order valence-corrected chi connectivity index (χ1v) is 35.5. The van der Waals surface area contributed by atoms with E-state index in [9.17, 15) is 0 Å². The predicted octanol–water partition coefficient (Wildman–Crippen LogP) is 28.7. The van der Waals surface area contributed by atoms with Crippen LogP contribution in [-0.2, 0) is 0 Å². The van der Waals surface area contributed by atoms with Crippen molar-refractivity contribution in [3.05, 3.63) is 388 Å². The lowest BCUT2D eigenvalue weighted by atomic mass is 9.78. The summed E-state index contributed by atoms with van der Waals surface area (Å²) in [6.07, 6.45) is 0. The van der Waals surface area contributed by atoms with E-state index in [1.165, 1.54) is 175 Å². The standard InChI is InChI=1S/C102H64/c1-3-29-71(30-4-1)97-95(73-55-51-65(52-56-73)75-59-61-91-93(63-75)101(83-49-23-35-69-27-9-13-39-79(69)83)89-45-19-17-43-87(89)99(91)81-47-21-33-67-25-7-11-37-77(67)81)85-41-15-16-42-86(85)96(98(97)72-31-5-2-6-32-72)74-57-53-66(54-58-74)76-60-62-92-94(64-76)102(84-50-24-36-70-28-10-14-40-80(70)84)90-46-20-18-44-88(90)100(92)82-48-22-34-68-26-8-12-38-78(68)82/h1-64H. The lowest BCUT2D eigenvalue weighted by Gasteiger charge is -2.24. The summed E-state index contributed by atoms with van der Waals surface area (Å²) in [7, 11) is 0. The van der Waals surface area contributed by atoms with Gasteiger partial charge in [-0.1, -0.05) is 376 Å². The molecule has 0 aliphatic heterocycles. The van der Waals surface area contributed by atoms with Crippen LogP contribution in [0.2, 0.25) is 0 Å². The molecule has 0 nitrogen and oxygen atoms in total. The van der Waals surface area contributed by atoms with Crippen molar-refractivity contribution >= 4 is 97.0 Å². The first-order valence-electron chi connectivity index (χ1n) is 35.5. The van der Waals surface area contributed by atoms with Gasteiger partial charge in [0.05, 0.1) is 0 Å². The minimum atomic E-state index is 1.16. The maximum absolute atomic E-state index is 2.47. The quantitative estimate of drug-likeness (QED) is 0.120. The van der Waals surface area contributed by atoms with Crippen LogP contribution in [0.3, 0.4) is 0 Å². The molecular weight excluding hydrogens is 1230 g/mol. The van der Waals surface area contributed by atoms with Crippen molar-refractivity contribution in [3.8, 4) is 111 Å². The lowest BCUT2D eigenvalue weighted by molar-refractivity contribution is 1.56. The molecule has 20 rings (SSSR count). The van der Waals surface area contributed by atoms with Gasteiger partial charge < -0.3 is 0 Å². The fourth-order valence-corrected chi connectivity index (χ4v) is 17.1. The Morgan fingerprint density at radius 2 is 0.304 bits per heavy atom. The molecule has 0 spiro atoms. The second kappa shape index (κ2) is 24.3. The van der Waals surface area contributed by atoms with Gasteiger partial charge in [0.25, 0.3) is 0 Å². The van der Waals surface area contributed by atoms with Crippen molar-refractivity contribution in [3.63, 3.8) is 0 Å². The van der Waals surface area contributed by atoms with Crippen molar-refractivity contribution in [2.45, 2.75) is 0 Å². The molecule has 0 atom stereocenters. The van der Waals surface area contributed by atoms with Crippen LogP contribution >= 0.6 is 0 Å². The Labute approximate surface area is 592 Å². The maximum atomic E-state index is 2.47. The summed E-state index contributed by atoms with van der Waals surface area (Å²) < 4.78 is 0. The topological polar surface area (TPSA) is 0 Å². The predicted molar refractivity (Wildman–Crippen MR) is 438 cm³/mol. The van der Waals surface area contributed by atoms with Crippen LogP contribution < -0.4 is 0 Å². The zero-order chi connectivity index (χ0) is 67.2. The molecule has 0 saturated heterocycles. The molecule has 0 radical (unpaired) electrons. The molecule has 20 aromatic carbocycles. The first-order chi connectivity index (χ1) is 50.6. The highest BCUT2D eigenvalue weighted by Crippen LogP contribution is 2.54. The van der Waals surface area contributed by atoms with Crippen LogP contribution in [0.4, 0.5) is 0 Å². The van der Waals surface area contributed by atoms with Crippen molar-refractivity contribution in [2.24, 2.45) is 0 Å². The number of benzene rings is 20. The average Bonchev–Trinajstić information content (AvgIpc) is 0.730. The van der Waals surface area contributed by atoms with Crippen LogP contribution in [0, 0.1) is 0 Å². The summed E-state index contributed by atoms with van der Waals surface area (Å²) in [5, 5.41) is 22.2. The van der Waals surface area contributed by atoms with Gasteiger partial charge in [0.15, 0.2) is 0 Å². The van der Waals surface area contributed by atoms with E-state index in [2.05, 4.69) is 388 Å². The highest BCUT2D eigenvalue weighted by atomic mass is 14.3. The van der Waals surface area contributed by atoms with Crippen LogP contribution in [0.5, 0.6) is 0 Å². The van der Waals surface area contributed by atoms with Crippen molar-refractivity contribution < 1.29 is 0 Å². The van der Waals surface area contributed by atoms with E-state index in [0.717, 1.165) is 33.4 Å². The minimum absolute atomic E-state index is 1.16. The molecule has 0 N–H and O–H groups in total. The zero-order valence-electron chi connectivity index (χ0n) is 56.0. The molecule has 102 heavy (non-hydrogen) atoms. The van der Waals surface area contributed by atoms with Crippen molar-refractivity contribution in [2.75, 3.05) is 0 Å². The molecule has 20 aromatic rings.